The highest BCUT2D eigenvalue weighted by Gasteiger charge is 2.31. The van der Waals surface area contributed by atoms with E-state index in [1.165, 1.54) is 47.2 Å². The number of rotatable bonds is 3. The first kappa shape index (κ1) is 15.4. The number of methoxy groups -OCH3 is 1. The molecule has 1 heterocycles. The molecule has 1 saturated heterocycles. The van der Waals surface area contributed by atoms with Gasteiger partial charge in [0.2, 0.25) is 0 Å². The van der Waals surface area contributed by atoms with Crippen molar-refractivity contribution < 1.29 is 4.74 Å². The van der Waals surface area contributed by atoms with E-state index in [9.17, 15) is 0 Å². The fourth-order valence-electron chi connectivity index (χ4n) is 3.74. The first-order valence-corrected chi connectivity index (χ1v) is 8.98. The Bertz CT molecular complexity index is 801. The van der Waals surface area contributed by atoms with Crippen molar-refractivity contribution in [1.82, 2.24) is 4.90 Å². The van der Waals surface area contributed by atoms with E-state index in [2.05, 4.69) is 41.3 Å². The molecule has 1 aliphatic heterocycles. The minimum absolute atomic E-state index is 0.875. The first-order chi connectivity index (χ1) is 11.8. The van der Waals surface area contributed by atoms with Gasteiger partial charge in [-0.1, -0.05) is 48.6 Å². The maximum atomic E-state index is 5.87. The molecule has 2 aliphatic rings. The molecule has 0 radical (unpaired) electrons. The van der Waals surface area contributed by atoms with Crippen LogP contribution in [-0.4, -0.2) is 30.0 Å². The third kappa shape index (κ3) is 2.53. The zero-order valence-corrected chi connectivity index (χ0v) is 14.7. The number of ether oxygens (including phenoxy) is 1. The zero-order valence-electron chi connectivity index (χ0n) is 13.9. The molecule has 1 aliphatic carbocycles. The van der Waals surface area contributed by atoms with Gasteiger partial charge in [-0.05, 0) is 37.0 Å². The lowest BCUT2D eigenvalue weighted by Gasteiger charge is -2.31. The van der Waals surface area contributed by atoms with Crippen LogP contribution in [0.4, 0.5) is 0 Å². The molecule has 122 valence electrons. The van der Waals surface area contributed by atoms with E-state index in [-0.39, 0.29) is 0 Å². The number of thiocarbonyl (C=S) groups is 1. The summed E-state index contributed by atoms with van der Waals surface area (Å²) < 4.78 is 5.30. The van der Waals surface area contributed by atoms with Crippen molar-refractivity contribution in [2.75, 3.05) is 20.2 Å². The maximum Gasteiger partial charge on any atom is 0.118 e. The third-order valence-corrected chi connectivity index (χ3v) is 5.37. The summed E-state index contributed by atoms with van der Waals surface area (Å²) >= 11 is 5.87. The monoisotopic (exact) mass is 335 g/mol. The lowest BCUT2D eigenvalue weighted by atomic mass is 10.0. The number of fused-ring (bicyclic) bond motifs is 1. The van der Waals surface area contributed by atoms with Crippen molar-refractivity contribution in [2.24, 2.45) is 0 Å². The highest BCUT2D eigenvalue weighted by molar-refractivity contribution is 7.82. The predicted molar refractivity (Wildman–Crippen MR) is 103 cm³/mol. The Balaban J connectivity index is 1.86. The van der Waals surface area contributed by atoms with Gasteiger partial charge in [0.25, 0.3) is 0 Å². The normalized spacial score (nSPS) is 17.2. The summed E-state index contributed by atoms with van der Waals surface area (Å²) in [4.78, 5) is 3.50. The molecule has 24 heavy (non-hydrogen) atoms. The van der Waals surface area contributed by atoms with Crippen molar-refractivity contribution in [1.29, 1.82) is 0 Å². The average molecular weight is 335 g/mol. The quantitative estimate of drug-likeness (QED) is 0.749. The number of allylic oxidation sites excluding steroid dienone is 1. The largest absolute Gasteiger partial charge is 0.497 e. The molecular formula is C21H21NOS. The van der Waals surface area contributed by atoms with Crippen LogP contribution in [0.15, 0.2) is 48.5 Å². The Morgan fingerprint density at radius 1 is 0.875 bits per heavy atom. The van der Waals surface area contributed by atoms with Crippen molar-refractivity contribution in [3.63, 3.8) is 0 Å². The van der Waals surface area contributed by atoms with Crippen molar-refractivity contribution >= 4 is 28.4 Å². The van der Waals surface area contributed by atoms with E-state index in [4.69, 9.17) is 17.0 Å². The molecule has 3 heteroatoms. The summed E-state index contributed by atoms with van der Waals surface area (Å²) in [5.41, 5.74) is 6.18. The Labute approximate surface area is 148 Å². The second-order valence-corrected chi connectivity index (χ2v) is 6.78. The minimum atomic E-state index is 0.875. The topological polar surface area (TPSA) is 12.5 Å². The second-order valence-electron chi connectivity index (χ2n) is 6.37. The molecule has 2 aromatic carbocycles. The molecule has 1 fully saturated rings. The zero-order chi connectivity index (χ0) is 16.5. The number of nitrogens with zero attached hydrogens (tertiary/aromatic N) is 1. The van der Waals surface area contributed by atoms with Crippen LogP contribution in [0.5, 0.6) is 5.75 Å². The van der Waals surface area contributed by atoms with Crippen molar-refractivity contribution in [3.05, 3.63) is 65.2 Å². The third-order valence-electron chi connectivity index (χ3n) is 4.94. The molecule has 0 atom stereocenters. The van der Waals surface area contributed by atoms with Crippen LogP contribution < -0.4 is 4.74 Å². The number of hydrogen-bond donors (Lipinski definition) is 0. The lowest BCUT2D eigenvalue weighted by molar-refractivity contribution is 0.327. The van der Waals surface area contributed by atoms with E-state index < -0.39 is 0 Å². The molecule has 2 aromatic rings. The van der Waals surface area contributed by atoms with E-state index in [1.807, 2.05) is 12.1 Å². The van der Waals surface area contributed by atoms with Crippen LogP contribution in [0.2, 0.25) is 0 Å². The van der Waals surface area contributed by atoms with Gasteiger partial charge in [-0.25, -0.2) is 0 Å². The van der Waals surface area contributed by atoms with Gasteiger partial charge in [0.05, 0.1) is 17.7 Å². The SMILES string of the molecule is COc1ccc(C2=C(N3CCCCC3)c3ccccc3C2=S)cc1. The van der Waals surface area contributed by atoms with E-state index in [0.29, 0.717) is 0 Å². The number of likely N-dealkylation sites (tertiary alicyclic amines) is 1. The molecule has 0 saturated carbocycles. The van der Waals surface area contributed by atoms with Crippen LogP contribution in [0.3, 0.4) is 0 Å². The summed E-state index contributed by atoms with van der Waals surface area (Å²) in [6, 6.07) is 16.8. The molecule has 0 spiro atoms. The van der Waals surface area contributed by atoms with Gasteiger partial charge in [0.1, 0.15) is 5.75 Å². The molecule has 0 unspecified atom stereocenters. The van der Waals surface area contributed by atoms with E-state index in [0.717, 1.165) is 23.7 Å². The second kappa shape index (κ2) is 6.40. The molecule has 0 N–H and O–H groups in total. The van der Waals surface area contributed by atoms with Crippen LogP contribution in [0.25, 0.3) is 11.3 Å². The Morgan fingerprint density at radius 2 is 1.54 bits per heavy atom. The smallest absolute Gasteiger partial charge is 0.118 e. The van der Waals surface area contributed by atoms with Crippen LogP contribution in [-0.2, 0) is 0 Å². The Kier molecular flexibility index (Phi) is 4.11. The summed E-state index contributed by atoms with van der Waals surface area (Å²) in [5, 5.41) is 0. The molecule has 0 amide bonds. The number of benzene rings is 2. The summed E-state index contributed by atoms with van der Waals surface area (Å²) in [7, 11) is 1.70. The highest BCUT2D eigenvalue weighted by atomic mass is 32.1. The standard InChI is InChI=1S/C21H21NOS/c1-23-16-11-9-15(10-12-16)19-20(22-13-5-2-6-14-22)17-7-3-4-8-18(17)21(19)24/h3-4,7-12H,2,5-6,13-14H2,1H3. The molecule has 0 aromatic heterocycles. The predicted octanol–water partition coefficient (Wildman–Crippen LogP) is 4.78. The van der Waals surface area contributed by atoms with Crippen molar-refractivity contribution in [2.45, 2.75) is 19.3 Å². The lowest BCUT2D eigenvalue weighted by Crippen LogP contribution is -2.28. The number of piperidine rings is 1. The van der Waals surface area contributed by atoms with Gasteiger partial charge in [-0.15, -0.1) is 0 Å². The van der Waals surface area contributed by atoms with Gasteiger partial charge in [-0.2, -0.15) is 0 Å². The van der Waals surface area contributed by atoms with Crippen LogP contribution in [0.1, 0.15) is 36.0 Å². The summed E-state index contributed by atoms with van der Waals surface area (Å²) in [5.74, 6) is 0.875. The minimum Gasteiger partial charge on any atom is -0.497 e. The van der Waals surface area contributed by atoms with E-state index >= 15 is 0 Å². The number of hydrogen-bond acceptors (Lipinski definition) is 3. The maximum absolute atomic E-state index is 5.87. The van der Waals surface area contributed by atoms with Gasteiger partial charge >= 0.3 is 0 Å². The van der Waals surface area contributed by atoms with Gasteiger partial charge < -0.3 is 9.64 Å². The first-order valence-electron chi connectivity index (χ1n) is 8.57. The Hall–Kier alpha value is -2.13. The molecule has 0 bridgehead atoms. The van der Waals surface area contributed by atoms with Gasteiger partial charge in [0, 0.05) is 29.8 Å². The summed E-state index contributed by atoms with van der Waals surface area (Å²) in [6.45, 7) is 2.23. The molecule has 2 nitrogen and oxygen atoms in total. The summed E-state index contributed by atoms with van der Waals surface area (Å²) in [6.07, 6.45) is 3.84. The molecule has 4 rings (SSSR count). The molecular weight excluding hydrogens is 314 g/mol. The van der Waals surface area contributed by atoms with Crippen LogP contribution >= 0.6 is 12.2 Å². The highest BCUT2D eigenvalue weighted by Crippen LogP contribution is 2.42. The fraction of sp³-hybridized carbons (Fsp3) is 0.286. The van der Waals surface area contributed by atoms with E-state index in [1.54, 1.807) is 7.11 Å². The fourth-order valence-corrected chi connectivity index (χ4v) is 4.13. The average Bonchev–Trinajstić information content (AvgIpc) is 2.95. The van der Waals surface area contributed by atoms with Crippen molar-refractivity contribution in [3.8, 4) is 5.75 Å². The van der Waals surface area contributed by atoms with Crippen LogP contribution in [0, 0.1) is 0 Å². The Morgan fingerprint density at radius 3 is 2.21 bits per heavy atom. The van der Waals surface area contributed by atoms with Gasteiger partial charge in [0.15, 0.2) is 0 Å². The van der Waals surface area contributed by atoms with Gasteiger partial charge in [-0.3, -0.25) is 0 Å².